The number of aromatic nitrogens is 1. The van der Waals surface area contributed by atoms with Gasteiger partial charge in [-0.25, -0.2) is 9.98 Å². The summed E-state index contributed by atoms with van der Waals surface area (Å²) in [6, 6.07) is 7.25. The van der Waals surface area contributed by atoms with Crippen LogP contribution in [-0.2, 0) is 12.7 Å². The van der Waals surface area contributed by atoms with Gasteiger partial charge in [-0.05, 0) is 6.07 Å². The molecule has 1 aromatic heterocycles. The standard InChI is InChI=1S/C13H13F3N4OS/c1-21-9-5-3-2-4-8(9)6-18-11(17)20-12-19-10(7-22-12)13(14,15)16/h2-5,7H,6H2,1H3,(H3,17,18,19,20). The van der Waals surface area contributed by atoms with Crippen molar-refractivity contribution in [2.24, 2.45) is 10.7 Å². The Morgan fingerprint density at radius 2 is 2.14 bits per heavy atom. The molecule has 0 saturated carbocycles. The minimum atomic E-state index is -4.47. The van der Waals surface area contributed by atoms with Gasteiger partial charge in [0.1, 0.15) is 5.75 Å². The fourth-order valence-corrected chi connectivity index (χ4v) is 2.34. The number of para-hydroxylation sites is 1. The first kappa shape index (κ1) is 16.1. The van der Waals surface area contributed by atoms with Crippen molar-refractivity contribution >= 4 is 22.4 Å². The SMILES string of the molecule is COc1ccccc1CN=C(N)Nc1nc(C(F)(F)F)cs1. The molecule has 0 amide bonds. The van der Waals surface area contributed by atoms with E-state index in [2.05, 4.69) is 15.3 Å². The van der Waals surface area contributed by atoms with E-state index in [0.29, 0.717) is 5.75 Å². The molecular weight excluding hydrogens is 317 g/mol. The first-order valence-corrected chi connectivity index (χ1v) is 6.99. The summed E-state index contributed by atoms with van der Waals surface area (Å²) in [6.07, 6.45) is -4.47. The van der Waals surface area contributed by atoms with Gasteiger partial charge in [-0.1, -0.05) is 18.2 Å². The van der Waals surface area contributed by atoms with Crippen molar-refractivity contribution in [1.29, 1.82) is 0 Å². The van der Waals surface area contributed by atoms with Crippen LogP contribution >= 0.6 is 11.3 Å². The van der Waals surface area contributed by atoms with Gasteiger partial charge in [0, 0.05) is 10.9 Å². The summed E-state index contributed by atoms with van der Waals surface area (Å²) in [5.74, 6) is 0.640. The van der Waals surface area contributed by atoms with Crippen LogP contribution in [0.2, 0.25) is 0 Å². The molecule has 0 fully saturated rings. The summed E-state index contributed by atoms with van der Waals surface area (Å²) < 4.78 is 42.5. The number of nitrogens with two attached hydrogens (primary N) is 1. The molecule has 0 aliphatic carbocycles. The summed E-state index contributed by atoms with van der Waals surface area (Å²) in [7, 11) is 1.54. The Balaban J connectivity index is 2.02. The molecule has 0 aliphatic heterocycles. The first-order chi connectivity index (χ1) is 10.4. The van der Waals surface area contributed by atoms with Gasteiger partial charge in [-0.3, -0.25) is 0 Å². The van der Waals surface area contributed by atoms with Crippen LogP contribution in [0.3, 0.4) is 0 Å². The number of aliphatic imine (C=N–C) groups is 1. The van der Waals surface area contributed by atoms with E-state index in [0.717, 1.165) is 22.3 Å². The van der Waals surface area contributed by atoms with Crippen LogP contribution in [0.5, 0.6) is 5.75 Å². The molecule has 22 heavy (non-hydrogen) atoms. The van der Waals surface area contributed by atoms with Gasteiger partial charge in [0.05, 0.1) is 13.7 Å². The van der Waals surface area contributed by atoms with Crippen LogP contribution in [0.25, 0.3) is 0 Å². The monoisotopic (exact) mass is 330 g/mol. The number of halogens is 3. The summed E-state index contributed by atoms with van der Waals surface area (Å²) in [5, 5.41) is 3.48. The van der Waals surface area contributed by atoms with Gasteiger partial charge >= 0.3 is 6.18 Å². The number of anilines is 1. The van der Waals surface area contributed by atoms with Crippen molar-refractivity contribution in [3.8, 4) is 5.75 Å². The second-order valence-electron chi connectivity index (χ2n) is 4.17. The molecule has 0 bridgehead atoms. The molecule has 0 saturated heterocycles. The molecule has 0 aliphatic rings. The minimum Gasteiger partial charge on any atom is -0.496 e. The summed E-state index contributed by atoms with van der Waals surface area (Å²) >= 11 is 0.806. The molecule has 0 spiro atoms. The Kier molecular flexibility index (Phi) is 4.86. The quantitative estimate of drug-likeness (QED) is 0.667. The summed E-state index contributed by atoms with van der Waals surface area (Å²) in [5.41, 5.74) is 5.50. The van der Waals surface area contributed by atoms with Crippen molar-refractivity contribution in [1.82, 2.24) is 4.98 Å². The molecule has 3 N–H and O–H groups in total. The maximum atomic E-state index is 12.4. The molecule has 1 aromatic carbocycles. The van der Waals surface area contributed by atoms with Crippen molar-refractivity contribution in [2.75, 3.05) is 12.4 Å². The van der Waals surface area contributed by atoms with Crippen LogP contribution in [0.4, 0.5) is 18.3 Å². The van der Waals surface area contributed by atoms with E-state index >= 15 is 0 Å². The van der Waals surface area contributed by atoms with Crippen LogP contribution in [0.15, 0.2) is 34.6 Å². The highest BCUT2D eigenvalue weighted by atomic mass is 32.1. The molecule has 1 heterocycles. The molecule has 0 radical (unpaired) electrons. The smallest absolute Gasteiger partial charge is 0.434 e. The number of guanidine groups is 1. The molecular formula is C13H13F3N4OS. The molecule has 2 rings (SSSR count). The molecule has 0 atom stereocenters. The number of alkyl halides is 3. The third-order valence-electron chi connectivity index (χ3n) is 2.64. The number of hydrogen-bond acceptors (Lipinski definition) is 4. The number of nitrogens with one attached hydrogen (secondary N) is 1. The summed E-state index contributed by atoms with van der Waals surface area (Å²) in [6.45, 7) is 0.236. The number of methoxy groups -OCH3 is 1. The van der Waals surface area contributed by atoms with E-state index < -0.39 is 11.9 Å². The average Bonchev–Trinajstić information content (AvgIpc) is 2.94. The first-order valence-electron chi connectivity index (χ1n) is 6.11. The molecule has 0 unspecified atom stereocenters. The fraction of sp³-hybridized carbons (Fsp3) is 0.231. The van der Waals surface area contributed by atoms with Crippen LogP contribution in [-0.4, -0.2) is 18.1 Å². The van der Waals surface area contributed by atoms with Gasteiger partial charge in [-0.15, -0.1) is 11.3 Å². The highest BCUT2D eigenvalue weighted by Gasteiger charge is 2.33. The van der Waals surface area contributed by atoms with Crippen molar-refractivity contribution in [3.63, 3.8) is 0 Å². The van der Waals surface area contributed by atoms with Gasteiger partial charge in [0.15, 0.2) is 16.8 Å². The Morgan fingerprint density at radius 3 is 2.77 bits per heavy atom. The van der Waals surface area contributed by atoms with E-state index in [1.807, 2.05) is 18.2 Å². The second-order valence-corrected chi connectivity index (χ2v) is 5.03. The zero-order valence-electron chi connectivity index (χ0n) is 11.5. The third-order valence-corrected chi connectivity index (χ3v) is 3.40. The van der Waals surface area contributed by atoms with Gasteiger partial charge < -0.3 is 15.8 Å². The maximum absolute atomic E-state index is 12.4. The number of rotatable bonds is 4. The zero-order valence-corrected chi connectivity index (χ0v) is 12.3. The van der Waals surface area contributed by atoms with E-state index in [9.17, 15) is 13.2 Å². The maximum Gasteiger partial charge on any atom is 0.434 e. The summed E-state index contributed by atoms with van der Waals surface area (Å²) in [4.78, 5) is 7.47. The lowest BCUT2D eigenvalue weighted by Gasteiger charge is -2.06. The Labute approximate surface area is 128 Å². The minimum absolute atomic E-state index is 0.0195. The van der Waals surface area contributed by atoms with Gasteiger partial charge in [-0.2, -0.15) is 13.2 Å². The predicted octanol–water partition coefficient (Wildman–Crippen LogP) is 3.10. The van der Waals surface area contributed by atoms with Gasteiger partial charge in [0.2, 0.25) is 0 Å². The predicted molar refractivity (Wildman–Crippen MR) is 79.1 cm³/mol. The number of benzene rings is 1. The lowest BCUT2D eigenvalue weighted by Crippen LogP contribution is -2.22. The second kappa shape index (κ2) is 6.65. The lowest BCUT2D eigenvalue weighted by atomic mass is 10.2. The Hall–Kier alpha value is -2.29. The zero-order chi connectivity index (χ0) is 16.2. The largest absolute Gasteiger partial charge is 0.496 e. The van der Waals surface area contributed by atoms with E-state index in [4.69, 9.17) is 10.5 Å². The molecule has 5 nitrogen and oxygen atoms in total. The molecule has 118 valence electrons. The van der Waals surface area contributed by atoms with Crippen LogP contribution in [0, 0.1) is 0 Å². The number of nitrogens with zero attached hydrogens (tertiary/aromatic N) is 2. The highest BCUT2D eigenvalue weighted by Crippen LogP contribution is 2.31. The molecule has 9 heteroatoms. The normalized spacial score (nSPS) is 12.3. The average molecular weight is 330 g/mol. The number of ether oxygens (including phenoxy) is 1. The topological polar surface area (TPSA) is 72.5 Å². The Morgan fingerprint density at radius 1 is 1.41 bits per heavy atom. The highest BCUT2D eigenvalue weighted by molar-refractivity contribution is 7.13. The van der Waals surface area contributed by atoms with Gasteiger partial charge in [0.25, 0.3) is 0 Å². The van der Waals surface area contributed by atoms with Crippen molar-refractivity contribution in [3.05, 3.63) is 40.9 Å². The van der Waals surface area contributed by atoms with Crippen LogP contribution < -0.4 is 15.8 Å². The van der Waals surface area contributed by atoms with Crippen molar-refractivity contribution in [2.45, 2.75) is 12.7 Å². The van der Waals surface area contributed by atoms with Crippen LogP contribution in [0.1, 0.15) is 11.3 Å². The number of thiazole rings is 1. The van der Waals surface area contributed by atoms with Crippen molar-refractivity contribution < 1.29 is 17.9 Å². The third kappa shape index (κ3) is 4.10. The number of hydrogen-bond donors (Lipinski definition) is 2. The van der Waals surface area contributed by atoms with E-state index in [-0.39, 0.29) is 17.6 Å². The lowest BCUT2D eigenvalue weighted by molar-refractivity contribution is -0.140. The van der Waals surface area contributed by atoms with E-state index in [1.54, 1.807) is 13.2 Å². The Bertz CT molecular complexity index is 669. The molecule has 2 aromatic rings. The van der Waals surface area contributed by atoms with E-state index in [1.165, 1.54) is 0 Å². The fourth-order valence-electron chi connectivity index (χ4n) is 1.61.